The number of ether oxygens (including phenoxy) is 2. The zero-order chi connectivity index (χ0) is 14.7. The summed E-state index contributed by atoms with van der Waals surface area (Å²) in [4.78, 5) is 11.4. The number of nitrogens with two attached hydrogens (primary N) is 1. The first-order chi connectivity index (χ1) is 9.54. The molecule has 0 atom stereocenters. The second-order valence-corrected chi connectivity index (χ2v) is 4.29. The highest BCUT2D eigenvalue weighted by molar-refractivity contribution is 5.96. The van der Waals surface area contributed by atoms with Gasteiger partial charge in [0, 0.05) is 0 Å². The molecule has 6 heteroatoms. The predicted octanol–water partition coefficient (Wildman–Crippen LogP) is 1.98. The normalized spacial score (nSPS) is 10.3. The van der Waals surface area contributed by atoms with Crippen LogP contribution in [-0.2, 0) is 6.61 Å². The summed E-state index contributed by atoms with van der Waals surface area (Å²) in [5, 5.41) is 3.85. The van der Waals surface area contributed by atoms with Crippen molar-refractivity contribution in [2.24, 2.45) is 5.73 Å². The molecule has 2 rings (SSSR count). The Morgan fingerprint density at radius 2 is 2.15 bits per heavy atom. The van der Waals surface area contributed by atoms with Crippen LogP contribution in [0.4, 0.5) is 0 Å². The lowest BCUT2D eigenvalue weighted by Gasteiger charge is -2.13. The Morgan fingerprint density at radius 1 is 1.40 bits per heavy atom. The van der Waals surface area contributed by atoms with Crippen LogP contribution in [-0.4, -0.2) is 18.2 Å². The molecule has 1 aromatic heterocycles. The first kappa shape index (κ1) is 13.9. The van der Waals surface area contributed by atoms with E-state index in [9.17, 15) is 4.79 Å². The molecule has 6 nitrogen and oxygen atoms in total. The predicted molar refractivity (Wildman–Crippen MR) is 71.8 cm³/mol. The van der Waals surface area contributed by atoms with Gasteiger partial charge in [-0.25, -0.2) is 0 Å². The minimum absolute atomic E-state index is 0.224. The average molecular weight is 276 g/mol. The molecule has 0 aliphatic heterocycles. The largest absolute Gasteiger partial charge is 0.493 e. The van der Waals surface area contributed by atoms with E-state index in [1.54, 1.807) is 25.1 Å². The number of nitrogens with zero attached hydrogens (tertiary/aromatic N) is 1. The number of rotatable bonds is 5. The maximum absolute atomic E-state index is 11.4. The molecule has 106 valence electrons. The van der Waals surface area contributed by atoms with Gasteiger partial charge in [-0.15, -0.1) is 0 Å². The van der Waals surface area contributed by atoms with E-state index in [1.165, 1.54) is 7.11 Å². The van der Waals surface area contributed by atoms with Gasteiger partial charge in [0.1, 0.15) is 12.4 Å². The first-order valence-electron chi connectivity index (χ1n) is 6.06. The molecule has 0 spiro atoms. The molecule has 0 saturated carbocycles. The number of hydrogen-bond donors (Lipinski definition) is 1. The molecular weight excluding hydrogens is 260 g/mol. The third-order valence-electron chi connectivity index (χ3n) is 3.01. The van der Waals surface area contributed by atoms with Gasteiger partial charge in [-0.1, -0.05) is 11.2 Å². The molecule has 0 bridgehead atoms. The van der Waals surface area contributed by atoms with Gasteiger partial charge >= 0.3 is 0 Å². The van der Waals surface area contributed by atoms with Crippen molar-refractivity contribution in [3.63, 3.8) is 0 Å². The Kier molecular flexibility index (Phi) is 3.93. The number of benzene rings is 1. The SMILES string of the molecule is COc1cccc(C(N)=O)c1OCc1c(C)noc1C. The van der Waals surface area contributed by atoms with Crippen LogP contribution in [0, 0.1) is 13.8 Å². The van der Waals surface area contributed by atoms with E-state index in [1.807, 2.05) is 6.92 Å². The molecule has 0 fully saturated rings. The lowest BCUT2D eigenvalue weighted by Crippen LogP contribution is -2.13. The molecule has 0 unspecified atom stereocenters. The third kappa shape index (κ3) is 2.59. The zero-order valence-electron chi connectivity index (χ0n) is 11.6. The Bertz CT molecular complexity index is 615. The van der Waals surface area contributed by atoms with Gasteiger partial charge in [0.05, 0.1) is 23.9 Å². The summed E-state index contributed by atoms with van der Waals surface area (Å²) in [5.74, 6) is 0.881. The van der Waals surface area contributed by atoms with Crippen LogP contribution >= 0.6 is 0 Å². The molecule has 2 aromatic rings. The summed E-state index contributed by atoms with van der Waals surface area (Å²) < 4.78 is 16.0. The molecule has 0 aliphatic carbocycles. The molecule has 1 heterocycles. The molecule has 2 N–H and O–H groups in total. The van der Waals surface area contributed by atoms with E-state index in [0.29, 0.717) is 17.3 Å². The second-order valence-electron chi connectivity index (χ2n) is 4.29. The van der Waals surface area contributed by atoms with E-state index in [0.717, 1.165) is 11.3 Å². The van der Waals surface area contributed by atoms with Crippen molar-refractivity contribution in [3.05, 3.63) is 40.8 Å². The summed E-state index contributed by atoms with van der Waals surface area (Å²) in [6.07, 6.45) is 0. The van der Waals surface area contributed by atoms with Crippen LogP contribution < -0.4 is 15.2 Å². The monoisotopic (exact) mass is 276 g/mol. The van der Waals surface area contributed by atoms with Gasteiger partial charge < -0.3 is 19.7 Å². The highest BCUT2D eigenvalue weighted by Crippen LogP contribution is 2.32. The minimum atomic E-state index is -0.572. The van der Waals surface area contributed by atoms with Crippen LogP contribution in [0.15, 0.2) is 22.7 Å². The summed E-state index contributed by atoms with van der Waals surface area (Å²) in [6, 6.07) is 4.98. The summed E-state index contributed by atoms with van der Waals surface area (Å²) >= 11 is 0. The highest BCUT2D eigenvalue weighted by atomic mass is 16.5. The maximum atomic E-state index is 11.4. The number of hydrogen-bond acceptors (Lipinski definition) is 5. The quantitative estimate of drug-likeness (QED) is 0.902. The Balaban J connectivity index is 2.31. The van der Waals surface area contributed by atoms with E-state index >= 15 is 0 Å². The number of methoxy groups -OCH3 is 1. The van der Waals surface area contributed by atoms with Crippen LogP contribution in [0.25, 0.3) is 0 Å². The topological polar surface area (TPSA) is 87.6 Å². The van der Waals surface area contributed by atoms with Crippen LogP contribution in [0.3, 0.4) is 0 Å². The van der Waals surface area contributed by atoms with E-state index < -0.39 is 5.91 Å². The fourth-order valence-corrected chi connectivity index (χ4v) is 1.87. The van der Waals surface area contributed by atoms with Crippen LogP contribution in [0.5, 0.6) is 11.5 Å². The van der Waals surface area contributed by atoms with Crippen LogP contribution in [0.2, 0.25) is 0 Å². The Labute approximate surface area is 116 Å². The van der Waals surface area contributed by atoms with Crippen LogP contribution in [0.1, 0.15) is 27.4 Å². The van der Waals surface area contributed by atoms with E-state index in [2.05, 4.69) is 5.16 Å². The molecular formula is C14H16N2O4. The maximum Gasteiger partial charge on any atom is 0.252 e. The lowest BCUT2D eigenvalue weighted by molar-refractivity contribution is 0.0995. The zero-order valence-corrected chi connectivity index (χ0v) is 11.6. The molecule has 0 saturated heterocycles. The van der Waals surface area contributed by atoms with Gasteiger partial charge in [0.2, 0.25) is 0 Å². The molecule has 0 radical (unpaired) electrons. The number of para-hydroxylation sites is 1. The molecule has 1 amide bonds. The molecule has 1 aromatic carbocycles. The summed E-state index contributed by atoms with van der Waals surface area (Å²) in [5.41, 5.74) is 7.20. The van der Waals surface area contributed by atoms with Gasteiger partial charge in [-0.05, 0) is 26.0 Å². The van der Waals surface area contributed by atoms with Crippen molar-refractivity contribution < 1.29 is 18.8 Å². The fraction of sp³-hybridized carbons (Fsp3) is 0.286. The van der Waals surface area contributed by atoms with Gasteiger partial charge in [-0.3, -0.25) is 4.79 Å². The number of carbonyl (C=O) groups is 1. The van der Waals surface area contributed by atoms with Crippen molar-refractivity contribution in [1.29, 1.82) is 0 Å². The van der Waals surface area contributed by atoms with Crippen molar-refractivity contribution in [1.82, 2.24) is 5.16 Å². The van der Waals surface area contributed by atoms with E-state index in [-0.39, 0.29) is 12.2 Å². The van der Waals surface area contributed by atoms with Gasteiger partial charge in [-0.2, -0.15) is 0 Å². The number of primary amides is 1. The average Bonchev–Trinajstić information content (AvgIpc) is 2.75. The lowest BCUT2D eigenvalue weighted by atomic mass is 10.1. The second kappa shape index (κ2) is 5.64. The van der Waals surface area contributed by atoms with Crippen molar-refractivity contribution in [3.8, 4) is 11.5 Å². The smallest absolute Gasteiger partial charge is 0.252 e. The Hall–Kier alpha value is -2.50. The summed E-state index contributed by atoms with van der Waals surface area (Å²) in [6.45, 7) is 3.85. The number of aromatic nitrogens is 1. The third-order valence-corrected chi connectivity index (χ3v) is 3.01. The first-order valence-corrected chi connectivity index (χ1v) is 6.06. The highest BCUT2D eigenvalue weighted by Gasteiger charge is 2.17. The summed E-state index contributed by atoms with van der Waals surface area (Å²) in [7, 11) is 1.50. The number of amides is 1. The van der Waals surface area contributed by atoms with E-state index in [4.69, 9.17) is 19.7 Å². The standard InChI is InChI=1S/C14H16N2O4/c1-8-11(9(2)20-16-8)7-19-13-10(14(15)17)5-4-6-12(13)18-3/h4-6H,7H2,1-3H3,(H2,15,17). The van der Waals surface area contributed by atoms with Gasteiger partial charge in [0.25, 0.3) is 5.91 Å². The Morgan fingerprint density at radius 3 is 2.70 bits per heavy atom. The number of aryl methyl sites for hydroxylation is 2. The fourth-order valence-electron chi connectivity index (χ4n) is 1.87. The molecule has 20 heavy (non-hydrogen) atoms. The number of carbonyl (C=O) groups excluding carboxylic acids is 1. The van der Waals surface area contributed by atoms with Crippen molar-refractivity contribution in [2.45, 2.75) is 20.5 Å². The van der Waals surface area contributed by atoms with Gasteiger partial charge in [0.15, 0.2) is 11.5 Å². The van der Waals surface area contributed by atoms with Crippen molar-refractivity contribution in [2.75, 3.05) is 7.11 Å². The minimum Gasteiger partial charge on any atom is -0.493 e. The van der Waals surface area contributed by atoms with Crippen molar-refractivity contribution >= 4 is 5.91 Å². The molecule has 0 aliphatic rings.